The molecular weight excluding hydrogens is 294 g/mol. The molecule has 2 aromatic carbocycles. The molecule has 0 fully saturated rings. The van der Waals surface area contributed by atoms with Crippen molar-refractivity contribution in [2.24, 2.45) is 5.73 Å². The molecule has 5 heteroatoms. The van der Waals surface area contributed by atoms with Crippen molar-refractivity contribution in [2.45, 2.75) is 13.0 Å². The minimum atomic E-state index is -0.395. The number of hydrogen-bond donors (Lipinski definition) is 1. The number of halogens is 3. The van der Waals surface area contributed by atoms with E-state index in [9.17, 15) is 8.78 Å². The number of nitrogens with zero attached hydrogens (tertiary/aromatic N) is 1. The minimum Gasteiger partial charge on any atom is -0.363 e. The Morgan fingerprint density at radius 2 is 1.86 bits per heavy atom. The molecule has 112 valence electrons. The van der Waals surface area contributed by atoms with Crippen LogP contribution in [0.15, 0.2) is 42.5 Å². The van der Waals surface area contributed by atoms with Gasteiger partial charge in [0, 0.05) is 23.8 Å². The molecule has 1 unspecified atom stereocenters. The van der Waals surface area contributed by atoms with Gasteiger partial charge in [0.15, 0.2) is 0 Å². The molecule has 0 bridgehead atoms. The van der Waals surface area contributed by atoms with Crippen LogP contribution in [-0.4, -0.2) is 13.1 Å². The summed E-state index contributed by atoms with van der Waals surface area (Å²) in [5.74, 6) is -0.708. The minimum absolute atomic E-state index is 0.245. The van der Waals surface area contributed by atoms with Crippen molar-refractivity contribution in [3.05, 3.63) is 64.7 Å². The molecule has 0 saturated carbocycles. The van der Waals surface area contributed by atoms with Gasteiger partial charge in [-0.15, -0.1) is 0 Å². The Morgan fingerprint density at radius 3 is 2.43 bits per heavy atom. The molecule has 1 atom stereocenters. The van der Waals surface area contributed by atoms with Gasteiger partial charge in [-0.3, -0.25) is 0 Å². The van der Waals surface area contributed by atoms with Crippen LogP contribution in [0, 0.1) is 11.6 Å². The molecule has 0 aromatic heterocycles. The zero-order chi connectivity index (χ0) is 15.4. The molecule has 0 spiro atoms. The highest BCUT2D eigenvalue weighted by molar-refractivity contribution is 6.31. The van der Waals surface area contributed by atoms with Gasteiger partial charge in [-0.2, -0.15) is 0 Å². The summed E-state index contributed by atoms with van der Waals surface area (Å²) < 4.78 is 26.6. The number of likely N-dealkylation sites (N-methyl/N-ethyl adjacent to an activating group) is 1. The Bertz CT molecular complexity index is 619. The number of rotatable bonds is 5. The lowest BCUT2D eigenvalue weighted by atomic mass is 10.0. The fourth-order valence-corrected chi connectivity index (χ4v) is 2.72. The molecule has 2 nitrogen and oxygen atoms in total. The molecule has 0 heterocycles. The summed E-state index contributed by atoms with van der Waals surface area (Å²) in [6.07, 6.45) is 0. The van der Waals surface area contributed by atoms with E-state index in [-0.39, 0.29) is 18.4 Å². The van der Waals surface area contributed by atoms with Gasteiger partial charge in [0.25, 0.3) is 0 Å². The molecular formula is C16H17ClF2N2. The molecule has 21 heavy (non-hydrogen) atoms. The Labute approximate surface area is 128 Å². The molecule has 0 aliphatic heterocycles. The van der Waals surface area contributed by atoms with Crippen molar-refractivity contribution >= 4 is 17.3 Å². The van der Waals surface area contributed by atoms with E-state index in [4.69, 9.17) is 17.3 Å². The molecule has 2 aromatic rings. The van der Waals surface area contributed by atoms with E-state index in [1.54, 1.807) is 12.1 Å². The summed E-state index contributed by atoms with van der Waals surface area (Å²) in [7, 11) is 0. The number of anilines is 1. The molecule has 0 saturated heterocycles. The van der Waals surface area contributed by atoms with E-state index in [2.05, 4.69) is 0 Å². The first-order chi connectivity index (χ1) is 10.1. The van der Waals surface area contributed by atoms with Gasteiger partial charge in [0.05, 0.1) is 6.04 Å². The van der Waals surface area contributed by atoms with E-state index in [0.717, 1.165) is 5.56 Å². The van der Waals surface area contributed by atoms with Gasteiger partial charge < -0.3 is 10.6 Å². The van der Waals surface area contributed by atoms with Crippen LogP contribution >= 0.6 is 11.6 Å². The van der Waals surface area contributed by atoms with Crippen LogP contribution in [-0.2, 0) is 0 Å². The third kappa shape index (κ3) is 3.52. The first kappa shape index (κ1) is 15.7. The maximum Gasteiger partial charge on any atom is 0.125 e. The smallest absolute Gasteiger partial charge is 0.125 e. The lowest BCUT2D eigenvalue weighted by Gasteiger charge is -2.33. The van der Waals surface area contributed by atoms with E-state index in [1.165, 1.54) is 24.3 Å². The van der Waals surface area contributed by atoms with Crippen molar-refractivity contribution in [3.8, 4) is 0 Å². The van der Waals surface area contributed by atoms with Crippen molar-refractivity contribution in [3.63, 3.8) is 0 Å². The quantitative estimate of drug-likeness (QED) is 0.899. The molecule has 0 aliphatic carbocycles. The van der Waals surface area contributed by atoms with Crippen LogP contribution in [0.3, 0.4) is 0 Å². The first-order valence-electron chi connectivity index (χ1n) is 6.74. The Balaban J connectivity index is 2.42. The standard InChI is InChI=1S/C16H17ClF2N2/c1-2-21(13-5-3-4-11(18)8-13)16(10-20)14-7-6-12(19)9-15(14)17/h3-9,16H,2,10,20H2,1H3. The van der Waals surface area contributed by atoms with E-state index >= 15 is 0 Å². The Hall–Kier alpha value is -1.65. The normalized spacial score (nSPS) is 12.2. The van der Waals surface area contributed by atoms with Gasteiger partial charge in [0.1, 0.15) is 11.6 Å². The highest BCUT2D eigenvalue weighted by Crippen LogP contribution is 2.31. The van der Waals surface area contributed by atoms with Gasteiger partial charge >= 0.3 is 0 Å². The van der Waals surface area contributed by atoms with E-state index in [0.29, 0.717) is 17.3 Å². The lowest BCUT2D eigenvalue weighted by molar-refractivity contribution is 0.611. The zero-order valence-electron chi connectivity index (χ0n) is 11.7. The van der Waals surface area contributed by atoms with Crippen LogP contribution in [0.4, 0.5) is 14.5 Å². The summed E-state index contributed by atoms with van der Waals surface area (Å²) >= 11 is 6.13. The molecule has 0 amide bonds. The molecule has 2 rings (SSSR count). The van der Waals surface area contributed by atoms with Gasteiger partial charge in [-0.1, -0.05) is 23.7 Å². The van der Waals surface area contributed by atoms with Crippen LogP contribution in [0.2, 0.25) is 5.02 Å². The maximum atomic E-state index is 13.4. The van der Waals surface area contributed by atoms with Crippen molar-refractivity contribution in [1.82, 2.24) is 0 Å². The predicted molar refractivity (Wildman–Crippen MR) is 82.6 cm³/mol. The summed E-state index contributed by atoms with van der Waals surface area (Å²) in [5, 5.41) is 0.320. The molecule has 2 N–H and O–H groups in total. The average Bonchev–Trinajstić information content (AvgIpc) is 2.45. The van der Waals surface area contributed by atoms with Crippen LogP contribution in [0.25, 0.3) is 0 Å². The van der Waals surface area contributed by atoms with E-state index in [1.807, 2.05) is 17.9 Å². The summed E-state index contributed by atoms with van der Waals surface area (Å²) in [4.78, 5) is 1.95. The highest BCUT2D eigenvalue weighted by atomic mass is 35.5. The zero-order valence-corrected chi connectivity index (χ0v) is 12.4. The Kier molecular flexibility index (Phi) is 5.15. The third-order valence-electron chi connectivity index (χ3n) is 3.40. The lowest BCUT2D eigenvalue weighted by Crippen LogP contribution is -2.34. The SMILES string of the molecule is CCN(c1cccc(F)c1)C(CN)c1ccc(F)cc1Cl. The maximum absolute atomic E-state index is 13.4. The number of benzene rings is 2. The molecule has 0 aliphatic rings. The fraction of sp³-hybridized carbons (Fsp3) is 0.250. The van der Waals surface area contributed by atoms with Crippen LogP contribution in [0.1, 0.15) is 18.5 Å². The third-order valence-corrected chi connectivity index (χ3v) is 3.73. The van der Waals surface area contributed by atoms with Crippen LogP contribution < -0.4 is 10.6 Å². The highest BCUT2D eigenvalue weighted by Gasteiger charge is 2.21. The summed E-state index contributed by atoms with van der Waals surface area (Å²) in [6, 6.07) is 10.3. The predicted octanol–water partition coefficient (Wildman–Crippen LogP) is 4.14. The Morgan fingerprint density at radius 1 is 1.14 bits per heavy atom. The summed E-state index contributed by atoms with van der Waals surface area (Å²) in [5.41, 5.74) is 7.32. The van der Waals surface area contributed by atoms with Crippen molar-refractivity contribution < 1.29 is 8.78 Å². The van der Waals surface area contributed by atoms with Crippen LogP contribution in [0.5, 0.6) is 0 Å². The van der Waals surface area contributed by atoms with E-state index < -0.39 is 5.82 Å². The number of hydrogen-bond acceptors (Lipinski definition) is 2. The molecule has 0 radical (unpaired) electrons. The van der Waals surface area contributed by atoms with Gasteiger partial charge in [-0.25, -0.2) is 8.78 Å². The summed E-state index contributed by atoms with van der Waals surface area (Å²) in [6.45, 7) is 2.86. The van der Waals surface area contributed by atoms with Crippen molar-refractivity contribution in [2.75, 3.05) is 18.0 Å². The monoisotopic (exact) mass is 310 g/mol. The second kappa shape index (κ2) is 6.87. The fourth-order valence-electron chi connectivity index (χ4n) is 2.43. The second-order valence-corrected chi connectivity index (χ2v) is 5.09. The van der Waals surface area contributed by atoms with Gasteiger partial charge in [-0.05, 0) is 42.8 Å². The topological polar surface area (TPSA) is 29.3 Å². The van der Waals surface area contributed by atoms with Gasteiger partial charge in [0.2, 0.25) is 0 Å². The first-order valence-corrected chi connectivity index (χ1v) is 7.11. The largest absolute Gasteiger partial charge is 0.363 e. The number of nitrogens with two attached hydrogens (primary N) is 1. The average molecular weight is 311 g/mol. The van der Waals surface area contributed by atoms with Crippen molar-refractivity contribution in [1.29, 1.82) is 0 Å². The second-order valence-electron chi connectivity index (χ2n) is 4.68.